The summed E-state index contributed by atoms with van der Waals surface area (Å²) >= 11 is 3.31. The quantitative estimate of drug-likeness (QED) is 0.287. The Labute approximate surface area is 236 Å². The first-order chi connectivity index (χ1) is 19.0. The molecule has 2 aliphatic heterocycles. The molecule has 6 atom stereocenters. The lowest BCUT2D eigenvalue weighted by Crippen LogP contribution is -2.43. The number of halogens is 1. The Balaban J connectivity index is 1.60. The Morgan fingerprint density at radius 3 is 2.05 bits per heavy atom. The number of carbonyl (C=O) groups is 6. The van der Waals surface area contributed by atoms with Crippen molar-refractivity contribution in [1.82, 2.24) is 9.80 Å². The van der Waals surface area contributed by atoms with E-state index in [0.29, 0.717) is 15.6 Å². The molecule has 1 aromatic carbocycles. The van der Waals surface area contributed by atoms with Crippen molar-refractivity contribution in [3.05, 3.63) is 33.8 Å². The second-order valence-corrected chi connectivity index (χ2v) is 11.4. The SMILES string of the molecule is COc1cc([C@H]2C3=CC[C@@H]4C(=O)N(CCC(=O)O)C(=O)[C@@H]4[C@@H]3C[C@H]3C(=O)N(CCC(=O)O)C(=O)[C@@H]23)cc(Br)c1O. The van der Waals surface area contributed by atoms with Crippen molar-refractivity contribution in [2.24, 2.45) is 29.6 Å². The lowest BCUT2D eigenvalue weighted by molar-refractivity contribution is -0.145. The first kappa shape index (κ1) is 27.8. The number of amides is 4. The predicted octanol–water partition coefficient (Wildman–Crippen LogP) is 1.75. The fourth-order valence-electron chi connectivity index (χ4n) is 6.88. The van der Waals surface area contributed by atoms with Gasteiger partial charge in [0.25, 0.3) is 0 Å². The molecule has 2 heterocycles. The number of carboxylic acids is 2. The van der Waals surface area contributed by atoms with Crippen molar-refractivity contribution in [1.29, 1.82) is 0 Å². The summed E-state index contributed by atoms with van der Waals surface area (Å²) in [6, 6.07) is 3.18. The summed E-state index contributed by atoms with van der Waals surface area (Å²) < 4.78 is 5.61. The number of ether oxygens (including phenoxy) is 1. The Kier molecular flexibility index (Phi) is 7.19. The number of phenolic OH excluding ortho intramolecular Hbond substituents is 1. The number of benzene rings is 1. The molecule has 0 bridgehead atoms. The van der Waals surface area contributed by atoms with Gasteiger partial charge in [-0.25, -0.2) is 0 Å². The van der Waals surface area contributed by atoms with E-state index in [1.807, 2.05) is 6.08 Å². The third kappa shape index (κ3) is 4.36. The van der Waals surface area contributed by atoms with Gasteiger partial charge in [-0.05, 0) is 52.4 Å². The van der Waals surface area contributed by atoms with Gasteiger partial charge in [0.1, 0.15) is 0 Å². The summed E-state index contributed by atoms with van der Waals surface area (Å²) in [5.74, 6) is -8.85. The van der Waals surface area contributed by atoms with Crippen LogP contribution in [0.15, 0.2) is 28.3 Å². The third-order valence-electron chi connectivity index (χ3n) is 8.56. The lowest BCUT2D eigenvalue weighted by atomic mass is 9.57. The summed E-state index contributed by atoms with van der Waals surface area (Å²) in [4.78, 5) is 78.2. The van der Waals surface area contributed by atoms with E-state index in [1.165, 1.54) is 7.11 Å². The monoisotopic (exact) mass is 618 g/mol. The van der Waals surface area contributed by atoms with Crippen LogP contribution in [0.4, 0.5) is 0 Å². The maximum absolute atomic E-state index is 13.7. The number of phenols is 1. The van der Waals surface area contributed by atoms with E-state index < -0.39 is 77.5 Å². The summed E-state index contributed by atoms with van der Waals surface area (Å²) in [6.07, 6.45) is 1.36. The van der Waals surface area contributed by atoms with Gasteiger partial charge >= 0.3 is 11.9 Å². The zero-order chi connectivity index (χ0) is 29.0. The van der Waals surface area contributed by atoms with Gasteiger partial charge in [-0.15, -0.1) is 0 Å². The molecular formula is C27H27BrN2O10. The first-order valence-electron chi connectivity index (χ1n) is 12.9. The number of likely N-dealkylation sites (tertiary alicyclic amines) is 2. The molecule has 1 aromatic rings. The van der Waals surface area contributed by atoms with Crippen LogP contribution in [0.25, 0.3) is 0 Å². The molecule has 5 rings (SSSR count). The Bertz CT molecular complexity index is 1370. The Hall–Kier alpha value is -3.74. The number of aliphatic carboxylic acids is 2. The number of carbonyl (C=O) groups excluding carboxylic acids is 4. The molecule has 3 fully saturated rings. The highest BCUT2D eigenvalue weighted by Gasteiger charge is 2.61. The highest BCUT2D eigenvalue weighted by Crippen LogP contribution is 2.58. The smallest absolute Gasteiger partial charge is 0.305 e. The average Bonchev–Trinajstić information content (AvgIpc) is 3.29. The number of rotatable bonds is 8. The van der Waals surface area contributed by atoms with E-state index in [1.54, 1.807) is 12.1 Å². The summed E-state index contributed by atoms with van der Waals surface area (Å²) in [5, 5.41) is 28.7. The zero-order valence-corrected chi connectivity index (χ0v) is 23.0. The normalized spacial score (nSPS) is 29.2. The highest BCUT2D eigenvalue weighted by atomic mass is 79.9. The summed E-state index contributed by atoms with van der Waals surface area (Å²) in [5.41, 5.74) is 1.26. The number of nitrogens with zero attached hydrogens (tertiary/aromatic N) is 2. The van der Waals surface area contributed by atoms with Crippen molar-refractivity contribution in [2.45, 2.75) is 31.6 Å². The van der Waals surface area contributed by atoms with E-state index in [2.05, 4.69) is 15.9 Å². The number of carboxylic acid groups (broad SMARTS) is 2. The Morgan fingerprint density at radius 2 is 1.48 bits per heavy atom. The molecular weight excluding hydrogens is 592 g/mol. The molecule has 0 radical (unpaired) electrons. The molecule has 2 saturated heterocycles. The van der Waals surface area contributed by atoms with Crippen LogP contribution < -0.4 is 4.74 Å². The topological polar surface area (TPSA) is 179 Å². The Morgan fingerprint density at radius 1 is 0.900 bits per heavy atom. The fourth-order valence-corrected chi connectivity index (χ4v) is 7.34. The number of aromatic hydroxyl groups is 1. The predicted molar refractivity (Wildman–Crippen MR) is 138 cm³/mol. The van der Waals surface area contributed by atoms with Crippen molar-refractivity contribution < 1.29 is 48.8 Å². The van der Waals surface area contributed by atoms with E-state index in [0.717, 1.165) is 9.80 Å². The molecule has 13 heteroatoms. The molecule has 40 heavy (non-hydrogen) atoms. The van der Waals surface area contributed by atoms with E-state index in [4.69, 9.17) is 14.9 Å². The number of methoxy groups -OCH3 is 1. The van der Waals surface area contributed by atoms with Gasteiger partial charge in [-0.1, -0.05) is 11.6 Å². The summed E-state index contributed by atoms with van der Waals surface area (Å²) in [7, 11) is 1.37. The second-order valence-electron chi connectivity index (χ2n) is 10.5. The zero-order valence-electron chi connectivity index (χ0n) is 21.4. The van der Waals surface area contributed by atoms with Crippen molar-refractivity contribution in [3.8, 4) is 11.5 Å². The van der Waals surface area contributed by atoms with Crippen LogP contribution in [0.3, 0.4) is 0 Å². The molecule has 4 amide bonds. The van der Waals surface area contributed by atoms with Crippen LogP contribution in [-0.4, -0.2) is 80.9 Å². The second kappa shape index (κ2) is 10.3. The number of hydrogen-bond acceptors (Lipinski definition) is 8. The van der Waals surface area contributed by atoms with Gasteiger partial charge < -0.3 is 20.1 Å². The molecule has 2 aliphatic carbocycles. The maximum Gasteiger partial charge on any atom is 0.305 e. The van der Waals surface area contributed by atoms with Gasteiger partial charge in [-0.2, -0.15) is 0 Å². The largest absolute Gasteiger partial charge is 0.503 e. The highest BCUT2D eigenvalue weighted by molar-refractivity contribution is 9.10. The lowest BCUT2D eigenvalue weighted by Gasteiger charge is -2.44. The number of allylic oxidation sites excluding steroid dienone is 2. The van der Waals surface area contributed by atoms with E-state index in [9.17, 15) is 33.9 Å². The average molecular weight is 619 g/mol. The number of imide groups is 2. The van der Waals surface area contributed by atoms with Gasteiger partial charge in [-0.3, -0.25) is 38.6 Å². The summed E-state index contributed by atoms with van der Waals surface area (Å²) in [6.45, 7) is -0.536. The molecule has 12 nitrogen and oxygen atoms in total. The van der Waals surface area contributed by atoms with Crippen LogP contribution >= 0.6 is 15.9 Å². The number of fused-ring (bicyclic) bond motifs is 4. The molecule has 4 aliphatic rings. The first-order valence-corrected chi connectivity index (χ1v) is 13.7. The van der Waals surface area contributed by atoms with Gasteiger partial charge in [0.05, 0.1) is 48.1 Å². The van der Waals surface area contributed by atoms with Gasteiger partial charge in [0, 0.05) is 19.0 Å². The van der Waals surface area contributed by atoms with Gasteiger partial charge in [0.2, 0.25) is 23.6 Å². The van der Waals surface area contributed by atoms with Crippen molar-refractivity contribution in [3.63, 3.8) is 0 Å². The van der Waals surface area contributed by atoms with Crippen molar-refractivity contribution in [2.75, 3.05) is 20.2 Å². The standard InChI is InChI=1S/C27H27BrN2O10/c1-40-17-9-11(8-16(28)23(17)35)20-12-2-3-13-21(26(38)29(24(13)36)6-4-18(31)32)14(12)10-15-22(20)27(39)30(25(15)37)7-5-19(33)34/h2,8-9,13-15,20-22,35H,3-7,10H2,1H3,(H,31,32)(H,33,34)/t13-,14+,15+,20-,21-,22+/m0/s1. The van der Waals surface area contributed by atoms with Crippen LogP contribution in [-0.2, 0) is 28.8 Å². The molecule has 1 saturated carbocycles. The van der Waals surface area contributed by atoms with Gasteiger partial charge in [0.15, 0.2) is 11.5 Å². The van der Waals surface area contributed by atoms with Crippen LogP contribution in [0.2, 0.25) is 0 Å². The van der Waals surface area contributed by atoms with E-state index >= 15 is 0 Å². The van der Waals surface area contributed by atoms with Crippen LogP contribution in [0, 0.1) is 29.6 Å². The molecule has 0 spiro atoms. The molecule has 0 unspecified atom stereocenters. The van der Waals surface area contributed by atoms with Crippen LogP contribution in [0.5, 0.6) is 11.5 Å². The van der Waals surface area contributed by atoms with Crippen LogP contribution in [0.1, 0.15) is 37.2 Å². The van der Waals surface area contributed by atoms with E-state index in [-0.39, 0.29) is 43.9 Å². The maximum atomic E-state index is 13.7. The minimum atomic E-state index is -1.16. The molecule has 3 N–H and O–H groups in total. The molecule has 212 valence electrons. The molecule has 0 aromatic heterocycles. The number of hydrogen-bond donors (Lipinski definition) is 3. The third-order valence-corrected chi connectivity index (χ3v) is 9.16. The minimum absolute atomic E-state index is 0.116. The fraction of sp³-hybridized carbons (Fsp3) is 0.481. The van der Waals surface area contributed by atoms with Crippen molar-refractivity contribution >= 4 is 51.5 Å². The minimum Gasteiger partial charge on any atom is -0.503 e.